The number of hydrogen-bond acceptors (Lipinski definition) is 3. The molecule has 0 aromatic heterocycles. The minimum Gasteiger partial charge on any atom is -0.300 e. The Balaban J connectivity index is 1.45. The van der Waals surface area contributed by atoms with Crippen LogP contribution in [0.25, 0.3) is 0 Å². The quantitative estimate of drug-likeness (QED) is 0.597. The van der Waals surface area contributed by atoms with Crippen molar-refractivity contribution < 1.29 is 8.42 Å². The fourth-order valence-electron chi connectivity index (χ4n) is 6.09. The zero-order valence-electron chi connectivity index (χ0n) is 19.3. The normalized spacial score (nSPS) is 25.8. The van der Waals surface area contributed by atoms with Crippen LogP contribution in [-0.2, 0) is 15.4 Å². The number of piperidine rings is 1. The molecule has 2 aromatic carbocycles. The van der Waals surface area contributed by atoms with E-state index in [1.54, 1.807) is 28.6 Å². The number of nitrogens with zero attached hydrogens (tertiary/aromatic N) is 2. The van der Waals surface area contributed by atoms with Crippen LogP contribution in [-0.4, -0.2) is 39.0 Å². The highest BCUT2D eigenvalue weighted by Crippen LogP contribution is 2.50. The van der Waals surface area contributed by atoms with E-state index in [9.17, 15) is 8.42 Å². The average Bonchev–Trinajstić information content (AvgIpc) is 3.11. The molecule has 2 aromatic rings. The zero-order chi connectivity index (χ0) is 22.5. The second kappa shape index (κ2) is 8.03. The Hall–Kier alpha value is -2.11. The predicted octanol–water partition coefficient (Wildman–Crippen LogP) is 5.28. The van der Waals surface area contributed by atoms with Crippen LogP contribution in [0.3, 0.4) is 0 Å². The molecule has 5 rings (SSSR count). The van der Waals surface area contributed by atoms with Gasteiger partial charge >= 0.3 is 0 Å². The summed E-state index contributed by atoms with van der Waals surface area (Å²) >= 11 is 0. The van der Waals surface area contributed by atoms with E-state index in [1.165, 1.54) is 23.1 Å². The first-order chi connectivity index (χ1) is 15.3. The molecule has 32 heavy (non-hydrogen) atoms. The molecular weight excluding hydrogens is 416 g/mol. The number of hydrogen-bond donors (Lipinski definition) is 0. The van der Waals surface area contributed by atoms with Gasteiger partial charge in [-0.2, -0.15) is 0 Å². The predicted molar refractivity (Wildman–Crippen MR) is 131 cm³/mol. The lowest BCUT2D eigenvalue weighted by atomic mass is 9.72. The number of likely N-dealkylation sites (tertiary alicyclic amines) is 1. The summed E-state index contributed by atoms with van der Waals surface area (Å²) in [4.78, 5) is 3.03. The summed E-state index contributed by atoms with van der Waals surface area (Å²) < 4.78 is 28.9. The Bertz CT molecular complexity index is 1120. The third-order valence-corrected chi connectivity index (χ3v) is 9.88. The largest absolute Gasteiger partial charge is 0.300 e. The molecule has 0 bridgehead atoms. The SMILES string of the molecule is C=C1CCC(C)C(N2CCC3(CC2)CN(S(=O)(=O)c2ccccc2)c2ccc(C)cc23)C1. The molecule has 2 fully saturated rings. The molecule has 1 aliphatic carbocycles. The van der Waals surface area contributed by atoms with Crippen molar-refractivity contribution in [2.24, 2.45) is 5.92 Å². The molecule has 1 spiro atoms. The molecule has 0 amide bonds. The Morgan fingerprint density at radius 2 is 1.78 bits per heavy atom. The van der Waals surface area contributed by atoms with Crippen molar-refractivity contribution in [1.82, 2.24) is 4.90 Å². The first-order valence-electron chi connectivity index (χ1n) is 11.9. The minimum atomic E-state index is -3.58. The van der Waals surface area contributed by atoms with Gasteiger partial charge in [-0.05, 0) is 81.8 Å². The average molecular weight is 451 g/mol. The Morgan fingerprint density at radius 1 is 1.06 bits per heavy atom. The molecule has 2 aliphatic heterocycles. The highest BCUT2D eigenvalue weighted by atomic mass is 32.2. The molecule has 4 nitrogen and oxygen atoms in total. The Labute approximate surface area is 193 Å². The molecule has 170 valence electrons. The van der Waals surface area contributed by atoms with Gasteiger partial charge in [0.05, 0.1) is 10.6 Å². The molecule has 3 aliphatic rings. The lowest BCUT2D eigenvalue weighted by Crippen LogP contribution is -2.51. The first-order valence-corrected chi connectivity index (χ1v) is 13.3. The van der Waals surface area contributed by atoms with Gasteiger partial charge in [0.1, 0.15) is 0 Å². The van der Waals surface area contributed by atoms with Crippen molar-refractivity contribution in [3.63, 3.8) is 0 Å². The van der Waals surface area contributed by atoms with E-state index in [4.69, 9.17) is 0 Å². The monoisotopic (exact) mass is 450 g/mol. The minimum absolute atomic E-state index is 0.103. The summed E-state index contributed by atoms with van der Waals surface area (Å²) in [5, 5.41) is 0. The van der Waals surface area contributed by atoms with Gasteiger partial charge in [0, 0.05) is 18.0 Å². The van der Waals surface area contributed by atoms with Gasteiger partial charge in [0.15, 0.2) is 0 Å². The third-order valence-electron chi connectivity index (χ3n) is 8.10. The molecule has 2 atom stereocenters. The van der Waals surface area contributed by atoms with E-state index in [1.807, 2.05) is 18.2 Å². The van der Waals surface area contributed by atoms with E-state index >= 15 is 0 Å². The van der Waals surface area contributed by atoms with Crippen LogP contribution in [0.5, 0.6) is 0 Å². The molecule has 1 saturated heterocycles. The highest BCUT2D eigenvalue weighted by molar-refractivity contribution is 7.92. The van der Waals surface area contributed by atoms with Crippen molar-refractivity contribution in [3.8, 4) is 0 Å². The van der Waals surface area contributed by atoms with E-state index in [2.05, 4.69) is 31.4 Å². The molecule has 2 heterocycles. The van der Waals surface area contributed by atoms with Crippen LogP contribution in [0.2, 0.25) is 0 Å². The number of sulfonamides is 1. The topological polar surface area (TPSA) is 40.6 Å². The highest BCUT2D eigenvalue weighted by Gasteiger charge is 2.49. The van der Waals surface area contributed by atoms with E-state index in [0.717, 1.165) is 44.5 Å². The van der Waals surface area contributed by atoms with Gasteiger partial charge in [-0.25, -0.2) is 8.42 Å². The van der Waals surface area contributed by atoms with E-state index < -0.39 is 10.0 Å². The Morgan fingerprint density at radius 3 is 2.50 bits per heavy atom. The number of aryl methyl sites for hydroxylation is 1. The fraction of sp³-hybridized carbons (Fsp3) is 0.481. The van der Waals surface area contributed by atoms with Crippen LogP contribution >= 0.6 is 0 Å². The van der Waals surface area contributed by atoms with Crippen molar-refractivity contribution in [3.05, 3.63) is 71.8 Å². The fourth-order valence-corrected chi connectivity index (χ4v) is 7.69. The molecule has 1 saturated carbocycles. The van der Waals surface area contributed by atoms with Crippen LogP contribution in [0, 0.1) is 12.8 Å². The number of fused-ring (bicyclic) bond motifs is 2. The summed E-state index contributed by atoms with van der Waals surface area (Å²) in [6.45, 7) is 11.3. The number of anilines is 1. The number of rotatable bonds is 3. The Kier molecular flexibility index (Phi) is 5.45. The standard InChI is InChI=1S/C27H34N2O2S/c1-20-10-12-25-24(17-20)27(19-29(25)32(30,31)23-7-5-4-6-8-23)13-15-28(16-14-27)26-18-21(2)9-11-22(26)3/h4-8,10,12,17,22,26H,2,9,11,13-16,18-19H2,1,3H3. The van der Waals surface area contributed by atoms with Crippen LogP contribution in [0.15, 0.2) is 65.6 Å². The van der Waals surface area contributed by atoms with Gasteiger partial charge in [-0.15, -0.1) is 0 Å². The molecule has 0 N–H and O–H groups in total. The van der Waals surface area contributed by atoms with Crippen LogP contribution in [0.1, 0.15) is 50.2 Å². The maximum Gasteiger partial charge on any atom is 0.264 e. The summed E-state index contributed by atoms with van der Waals surface area (Å²) in [5.41, 5.74) is 4.57. The van der Waals surface area contributed by atoms with Crippen LogP contribution in [0.4, 0.5) is 5.69 Å². The van der Waals surface area contributed by atoms with E-state index in [0.29, 0.717) is 23.4 Å². The van der Waals surface area contributed by atoms with Gasteiger partial charge in [0.2, 0.25) is 0 Å². The van der Waals surface area contributed by atoms with E-state index in [-0.39, 0.29) is 5.41 Å². The summed E-state index contributed by atoms with van der Waals surface area (Å²) in [5.74, 6) is 0.697. The lowest BCUT2D eigenvalue weighted by molar-refractivity contribution is 0.0793. The second-order valence-corrected chi connectivity index (χ2v) is 12.1. The maximum atomic E-state index is 13.6. The van der Waals surface area contributed by atoms with Crippen molar-refractivity contribution in [2.45, 2.75) is 62.3 Å². The zero-order valence-corrected chi connectivity index (χ0v) is 20.1. The van der Waals surface area contributed by atoms with Crippen molar-refractivity contribution >= 4 is 15.7 Å². The van der Waals surface area contributed by atoms with Crippen LogP contribution < -0.4 is 4.31 Å². The van der Waals surface area contributed by atoms with Gasteiger partial charge in [0.25, 0.3) is 10.0 Å². The molecule has 0 radical (unpaired) electrons. The van der Waals surface area contributed by atoms with Gasteiger partial charge < -0.3 is 0 Å². The maximum absolute atomic E-state index is 13.6. The third kappa shape index (κ3) is 3.60. The molecule has 2 unspecified atom stereocenters. The summed E-state index contributed by atoms with van der Waals surface area (Å²) in [7, 11) is -3.58. The summed E-state index contributed by atoms with van der Waals surface area (Å²) in [6.07, 6.45) is 5.50. The van der Waals surface area contributed by atoms with Gasteiger partial charge in [-0.3, -0.25) is 9.21 Å². The first kappa shape index (κ1) is 21.7. The molecule has 5 heteroatoms. The van der Waals surface area contributed by atoms with Gasteiger partial charge in [-0.1, -0.05) is 55.0 Å². The number of benzene rings is 2. The smallest absolute Gasteiger partial charge is 0.264 e. The lowest BCUT2D eigenvalue weighted by Gasteiger charge is -2.46. The second-order valence-electron chi connectivity index (χ2n) is 10.2. The van der Waals surface area contributed by atoms with Crippen molar-refractivity contribution in [2.75, 3.05) is 23.9 Å². The van der Waals surface area contributed by atoms with Crippen molar-refractivity contribution in [1.29, 1.82) is 0 Å². The summed E-state index contributed by atoms with van der Waals surface area (Å²) in [6, 6.07) is 15.7. The molecular formula is C27H34N2O2S.